The number of pyridine rings is 1. The Balaban J connectivity index is 1.58. The van der Waals surface area contributed by atoms with Crippen LogP contribution in [0, 0.1) is 0 Å². The highest BCUT2D eigenvalue weighted by atomic mass is 16.5. The summed E-state index contributed by atoms with van der Waals surface area (Å²) in [5.74, 6) is -0.126. The third-order valence-electron chi connectivity index (χ3n) is 5.51. The number of amides is 2. The first-order valence-electron chi connectivity index (χ1n) is 10.4. The van der Waals surface area contributed by atoms with Crippen molar-refractivity contribution < 1.29 is 19.2 Å². The van der Waals surface area contributed by atoms with Crippen molar-refractivity contribution in [1.82, 2.24) is 29.9 Å². The predicted molar refractivity (Wildman–Crippen MR) is 119 cm³/mol. The zero-order chi connectivity index (χ0) is 23.8. The number of aromatic nitrogens is 4. The molecular weight excluding hydrogens is 426 g/mol. The highest BCUT2D eigenvalue weighted by Crippen LogP contribution is 2.34. The molecule has 172 valence electrons. The third-order valence-corrected chi connectivity index (χ3v) is 5.51. The normalized spacial score (nSPS) is 18.9. The lowest BCUT2D eigenvalue weighted by atomic mass is 9.98. The Morgan fingerprint density at radius 1 is 1.21 bits per heavy atom. The van der Waals surface area contributed by atoms with Crippen LogP contribution in [-0.4, -0.2) is 80.6 Å². The van der Waals surface area contributed by atoms with Gasteiger partial charge in [-0.15, -0.1) is 0 Å². The van der Waals surface area contributed by atoms with E-state index in [2.05, 4.69) is 25.4 Å². The first-order valence-corrected chi connectivity index (χ1v) is 10.4. The van der Waals surface area contributed by atoms with Crippen molar-refractivity contribution in [3.8, 4) is 22.8 Å². The molecule has 0 spiro atoms. The molecule has 1 saturated heterocycles. The zero-order valence-electron chi connectivity index (χ0n) is 18.8. The van der Waals surface area contributed by atoms with E-state index in [1.165, 1.54) is 15.9 Å². The van der Waals surface area contributed by atoms with Gasteiger partial charge in [-0.2, -0.15) is 0 Å². The van der Waals surface area contributed by atoms with Crippen molar-refractivity contribution in [2.24, 2.45) is 0 Å². The van der Waals surface area contributed by atoms with Crippen LogP contribution in [0.2, 0.25) is 0 Å². The van der Waals surface area contributed by atoms with Gasteiger partial charge in [0.05, 0.1) is 17.1 Å². The largest absolute Gasteiger partial charge is 0.373 e. The number of nitrogens with zero attached hydrogens (tertiary/aromatic N) is 6. The van der Waals surface area contributed by atoms with E-state index >= 15 is 0 Å². The van der Waals surface area contributed by atoms with Gasteiger partial charge in [-0.05, 0) is 25.1 Å². The van der Waals surface area contributed by atoms with Gasteiger partial charge in [-0.3, -0.25) is 9.59 Å². The van der Waals surface area contributed by atoms with Crippen molar-refractivity contribution in [3.63, 3.8) is 0 Å². The van der Waals surface area contributed by atoms with E-state index in [1.807, 2.05) is 0 Å². The SMILES string of the molecule is CC(Nc1nccc(-c2cccc(-c3cc(C4(O)CCN(C)C4=O)on3)n2)n1)C(=O)N(C)C. The van der Waals surface area contributed by atoms with Crippen molar-refractivity contribution in [2.45, 2.75) is 25.0 Å². The van der Waals surface area contributed by atoms with E-state index in [1.54, 1.807) is 58.5 Å². The second-order valence-corrected chi connectivity index (χ2v) is 8.19. The number of nitrogens with one attached hydrogen (secondary N) is 1. The Morgan fingerprint density at radius 3 is 2.58 bits per heavy atom. The van der Waals surface area contributed by atoms with Crippen molar-refractivity contribution >= 4 is 17.8 Å². The Morgan fingerprint density at radius 2 is 1.91 bits per heavy atom. The molecule has 1 aliphatic rings. The van der Waals surface area contributed by atoms with Crippen LogP contribution in [0.4, 0.5) is 5.95 Å². The Bertz CT molecular complexity index is 1190. The first kappa shape index (κ1) is 22.3. The van der Waals surface area contributed by atoms with Crippen LogP contribution in [0.15, 0.2) is 41.1 Å². The summed E-state index contributed by atoms with van der Waals surface area (Å²) in [5, 5.41) is 17.8. The molecule has 4 rings (SSSR count). The zero-order valence-corrected chi connectivity index (χ0v) is 18.8. The summed E-state index contributed by atoms with van der Waals surface area (Å²) in [6.07, 6.45) is 1.81. The Labute approximate surface area is 190 Å². The molecule has 1 aliphatic heterocycles. The maximum absolute atomic E-state index is 12.3. The van der Waals surface area contributed by atoms with Crippen molar-refractivity contribution in [3.05, 3.63) is 42.3 Å². The summed E-state index contributed by atoms with van der Waals surface area (Å²) >= 11 is 0. The minimum Gasteiger partial charge on any atom is -0.373 e. The molecule has 0 bridgehead atoms. The monoisotopic (exact) mass is 451 g/mol. The number of hydrogen-bond donors (Lipinski definition) is 2. The molecule has 33 heavy (non-hydrogen) atoms. The van der Waals surface area contributed by atoms with Crippen molar-refractivity contribution in [1.29, 1.82) is 0 Å². The summed E-state index contributed by atoms with van der Waals surface area (Å²) in [5.41, 5.74) is 0.276. The fourth-order valence-electron chi connectivity index (χ4n) is 3.61. The van der Waals surface area contributed by atoms with Gasteiger partial charge in [0, 0.05) is 46.4 Å². The van der Waals surface area contributed by atoms with Crippen LogP contribution in [0.25, 0.3) is 22.8 Å². The predicted octanol–water partition coefficient (Wildman–Crippen LogP) is 1.13. The second kappa shape index (κ2) is 8.58. The number of rotatable bonds is 6. The van der Waals surface area contributed by atoms with Crippen LogP contribution in [0.3, 0.4) is 0 Å². The lowest BCUT2D eigenvalue weighted by Crippen LogP contribution is -2.37. The van der Waals surface area contributed by atoms with E-state index in [9.17, 15) is 14.7 Å². The molecule has 0 saturated carbocycles. The summed E-state index contributed by atoms with van der Waals surface area (Å²) in [6.45, 7) is 2.17. The molecule has 0 aliphatic carbocycles. The van der Waals surface area contributed by atoms with Gasteiger partial charge in [0.15, 0.2) is 5.76 Å². The molecule has 2 N–H and O–H groups in total. The molecular formula is C22H25N7O4. The maximum Gasteiger partial charge on any atom is 0.262 e. The molecule has 11 heteroatoms. The molecule has 2 amide bonds. The molecule has 3 aromatic rings. The summed E-state index contributed by atoms with van der Waals surface area (Å²) < 4.78 is 5.32. The molecule has 2 unspecified atom stereocenters. The molecule has 0 aromatic carbocycles. The standard InChI is InChI=1S/C22H25N7O4/c1-13(19(30)28(2)3)24-21-23-10-8-16(26-21)14-6-5-7-15(25-14)17-12-18(33-27-17)22(32)9-11-29(4)20(22)31/h5-8,10,12-13,32H,9,11H2,1-4H3,(H,23,24,26). The van der Waals surface area contributed by atoms with E-state index in [0.717, 1.165) is 0 Å². The fourth-order valence-corrected chi connectivity index (χ4v) is 3.61. The van der Waals surface area contributed by atoms with Gasteiger partial charge < -0.3 is 24.7 Å². The average molecular weight is 451 g/mol. The van der Waals surface area contributed by atoms with E-state index in [4.69, 9.17) is 4.52 Å². The van der Waals surface area contributed by atoms with Gasteiger partial charge >= 0.3 is 0 Å². The van der Waals surface area contributed by atoms with Gasteiger partial charge in [-0.25, -0.2) is 15.0 Å². The van der Waals surface area contributed by atoms with E-state index in [0.29, 0.717) is 35.3 Å². The van der Waals surface area contributed by atoms with Crippen LogP contribution in [0.1, 0.15) is 19.1 Å². The minimum atomic E-state index is -1.72. The first-order chi connectivity index (χ1) is 15.7. The molecule has 11 nitrogen and oxygen atoms in total. The average Bonchev–Trinajstić information content (AvgIpc) is 3.41. The molecule has 1 fully saturated rings. The number of anilines is 1. The van der Waals surface area contributed by atoms with Gasteiger partial charge in [0.25, 0.3) is 5.91 Å². The van der Waals surface area contributed by atoms with Crippen LogP contribution in [-0.2, 0) is 15.2 Å². The summed E-state index contributed by atoms with van der Waals surface area (Å²) in [6, 6.07) is 8.07. The lowest BCUT2D eigenvalue weighted by molar-refractivity contribution is -0.144. The van der Waals surface area contributed by atoms with Crippen LogP contribution >= 0.6 is 0 Å². The molecule has 4 heterocycles. The van der Waals surface area contributed by atoms with Gasteiger partial charge in [-0.1, -0.05) is 11.2 Å². The maximum atomic E-state index is 12.3. The second-order valence-electron chi connectivity index (χ2n) is 8.19. The summed E-state index contributed by atoms with van der Waals surface area (Å²) in [4.78, 5) is 40.6. The van der Waals surface area contributed by atoms with E-state index < -0.39 is 17.6 Å². The summed E-state index contributed by atoms with van der Waals surface area (Å²) in [7, 11) is 4.99. The van der Waals surface area contributed by atoms with Gasteiger partial charge in [0.1, 0.15) is 11.7 Å². The van der Waals surface area contributed by atoms with Gasteiger partial charge in [0.2, 0.25) is 17.5 Å². The molecule has 2 atom stereocenters. The minimum absolute atomic E-state index is 0.0899. The molecule has 3 aromatic heterocycles. The van der Waals surface area contributed by atoms with Crippen molar-refractivity contribution in [2.75, 3.05) is 33.0 Å². The Kier molecular flexibility index (Phi) is 5.81. The third kappa shape index (κ3) is 4.27. The highest BCUT2D eigenvalue weighted by Gasteiger charge is 2.48. The number of likely N-dealkylation sites (tertiary alicyclic amines) is 1. The fraction of sp³-hybridized carbons (Fsp3) is 0.364. The topological polar surface area (TPSA) is 138 Å². The lowest BCUT2D eigenvalue weighted by Gasteiger charge is -2.18. The van der Waals surface area contributed by atoms with E-state index in [-0.39, 0.29) is 18.1 Å². The Hall–Kier alpha value is -3.86. The number of likely N-dealkylation sites (N-methyl/N-ethyl adjacent to an activating group) is 2. The van der Waals surface area contributed by atoms with Crippen LogP contribution < -0.4 is 5.32 Å². The number of carbonyl (C=O) groups is 2. The number of aliphatic hydroxyl groups is 1. The quantitative estimate of drug-likeness (QED) is 0.565. The number of carbonyl (C=O) groups excluding carboxylic acids is 2. The smallest absolute Gasteiger partial charge is 0.262 e. The number of hydrogen-bond acceptors (Lipinski definition) is 9. The highest BCUT2D eigenvalue weighted by molar-refractivity contribution is 5.87. The molecule has 0 radical (unpaired) electrons. The van der Waals surface area contributed by atoms with Crippen LogP contribution in [0.5, 0.6) is 0 Å².